The maximum Gasteiger partial charge on any atom is 0.220 e. The van der Waals surface area contributed by atoms with Crippen LogP contribution in [-0.4, -0.2) is 12.5 Å². The fourth-order valence-corrected chi connectivity index (χ4v) is 1.96. The maximum absolute atomic E-state index is 11.1. The molecule has 1 unspecified atom stereocenters. The maximum atomic E-state index is 11.1. The van der Waals surface area contributed by atoms with E-state index in [4.69, 9.17) is 0 Å². The third-order valence-electron chi connectivity index (χ3n) is 2.81. The van der Waals surface area contributed by atoms with Crippen LogP contribution >= 0.6 is 0 Å². The van der Waals surface area contributed by atoms with Crippen molar-refractivity contribution in [2.24, 2.45) is 5.92 Å². The number of hydrogen-bond donors (Lipinski definition) is 1. The third kappa shape index (κ3) is 4.30. The molecule has 1 aliphatic rings. The molecule has 1 atom stereocenters. The summed E-state index contributed by atoms with van der Waals surface area (Å²) >= 11 is 0. The third-order valence-corrected chi connectivity index (χ3v) is 2.81. The van der Waals surface area contributed by atoms with Crippen LogP contribution in [0, 0.1) is 5.92 Å². The molecule has 1 aliphatic heterocycles. The van der Waals surface area contributed by atoms with Crippen molar-refractivity contribution >= 4 is 5.91 Å². The van der Waals surface area contributed by atoms with Crippen LogP contribution in [0.15, 0.2) is 0 Å². The molecule has 1 fully saturated rings. The van der Waals surface area contributed by atoms with Crippen molar-refractivity contribution in [3.05, 3.63) is 0 Å². The highest BCUT2D eigenvalue weighted by molar-refractivity contribution is 5.76. The highest BCUT2D eigenvalue weighted by atomic mass is 16.1. The minimum absolute atomic E-state index is 0.256. The van der Waals surface area contributed by atoms with Gasteiger partial charge in [0.25, 0.3) is 0 Å². The van der Waals surface area contributed by atoms with Crippen molar-refractivity contribution in [3.8, 4) is 0 Å². The highest BCUT2D eigenvalue weighted by Gasteiger charge is 2.17. The molecule has 0 bridgehead atoms. The molecule has 0 spiro atoms. The molecule has 76 valence electrons. The Morgan fingerprint density at radius 2 is 2.23 bits per heavy atom. The minimum atomic E-state index is 0.256. The normalized spacial score (nSPS) is 22.8. The van der Waals surface area contributed by atoms with Gasteiger partial charge in [-0.1, -0.05) is 32.6 Å². The van der Waals surface area contributed by atoms with Crippen LogP contribution in [0.2, 0.25) is 0 Å². The van der Waals surface area contributed by atoms with Crippen LogP contribution in [-0.2, 0) is 4.79 Å². The quantitative estimate of drug-likeness (QED) is 0.652. The fraction of sp³-hybridized carbons (Fsp3) is 0.909. The van der Waals surface area contributed by atoms with E-state index in [-0.39, 0.29) is 5.91 Å². The first-order valence-electron chi connectivity index (χ1n) is 5.59. The fourth-order valence-electron chi connectivity index (χ4n) is 1.96. The molecule has 1 N–H and O–H groups in total. The Hall–Kier alpha value is -0.530. The summed E-state index contributed by atoms with van der Waals surface area (Å²) in [4.78, 5) is 11.1. The van der Waals surface area contributed by atoms with Gasteiger partial charge in [-0.15, -0.1) is 0 Å². The number of unbranched alkanes of at least 4 members (excludes halogenated alkanes) is 3. The molecule has 0 aromatic rings. The van der Waals surface area contributed by atoms with Gasteiger partial charge in [-0.05, 0) is 18.8 Å². The van der Waals surface area contributed by atoms with Gasteiger partial charge in [-0.2, -0.15) is 0 Å². The van der Waals surface area contributed by atoms with Gasteiger partial charge < -0.3 is 5.32 Å². The van der Waals surface area contributed by atoms with E-state index < -0.39 is 0 Å². The van der Waals surface area contributed by atoms with Gasteiger partial charge in [-0.25, -0.2) is 0 Å². The zero-order chi connectivity index (χ0) is 9.52. The van der Waals surface area contributed by atoms with E-state index in [1.165, 1.54) is 38.5 Å². The molecule has 0 radical (unpaired) electrons. The number of carbonyl (C=O) groups excluding carboxylic acids is 1. The number of hydrogen-bond acceptors (Lipinski definition) is 1. The van der Waals surface area contributed by atoms with Gasteiger partial charge in [0.05, 0.1) is 0 Å². The van der Waals surface area contributed by atoms with Gasteiger partial charge >= 0.3 is 0 Å². The van der Waals surface area contributed by atoms with E-state index in [9.17, 15) is 4.79 Å². The molecule has 2 nitrogen and oxygen atoms in total. The highest BCUT2D eigenvalue weighted by Crippen LogP contribution is 2.19. The topological polar surface area (TPSA) is 29.1 Å². The van der Waals surface area contributed by atoms with Crippen LogP contribution in [0.5, 0.6) is 0 Å². The van der Waals surface area contributed by atoms with Crippen LogP contribution in [0.1, 0.15) is 51.9 Å². The van der Waals surface area contributed by atoms with Gasteiger partial charge in [0.15, 0.2) is 0 Å². The van der Waals surface area contributed by atoms with Crippen LogP contribution in [0.4, 0.5) is 0 Å². The average molecular weight is 183 g/mol. The Bertz CT molecular complexity index is 156. The number of nitrogens with one attached hydrogen (secondary N) is 1. The minimum Gasteiger partial charge on any atom is -0.356 e. The van der Waals surface area contributed by atoms with Crippen molar-refractivity contribution in [1.82, 2.24) is 5.32 Å². The summed E-state index contributed by atoms with van der Waals surface area (Å²) < 4.78 is 0. The Morgan fingerprint density at radius 3 is 2.92 bits per heavy atom. The first-order valence-corrected chi connectivity index (χ1v) is 5.59. The van der Waals surface area contributed by atoms with Crippen molar-refractivity contribution in [3.63, 3.8) is 0 Å². The molecular weight excluding hydrogens is 162 g/mol. The first kappa shape index (κ1) is 10.6. The zero-order valence-electron chi connectivity index (χ0n) is 8.64. The predicted molar refractivity (Wildman–Crippen MR) is 54.5 cm³/mol. The van der Waals surface area contributed by atoms with Crippen molar-refractivity contribution in [1.29, 1.82) is 0 Å². The Labute approximate surface area is 81.1 Å². The Balaban J connectivity index is 2.03. The molecule has 13 heavy (non-hydrogen) atoms. The Morgan fingerprint density at radius 1 is 1.38 bits per heavy atom. The molecular formula is C11H21NO. The summed E-state index contributed by atoms with van der Waals surface area (Å²) in [6.45, 7) is 3.13. The lowest BCUT2D eigenvalue weighted by molar-refractivity contribution is -0.123. The largest absolute Gasteiger partial charge is 0.356 e. The number of carbonyl (C=O) groups is 1. The van der Waals surface area contributed by atoms with Crippen molar-refractivity contribution < 1.29 is 4.79 Å². The zero-order valence-corrected chi connectivity index (χ0v) is 8.64. The van der Waals surface area contributed by atoms with Crippen LogP contribution in [0.25, 0.3) is 0 Å². The van der Waals surface area contributed by atoms with Gasteiger partial charge in [0, 0.05) is 13.0 Å². The number of amides is 1. The lowest BCUT2D eigenvalue weighted by Crippen LogP contribution is -2.33. The van der Waals surface area contributed by atoms with E-state index in [0.717, 1.165) is 13.0 Å². The first-order chi connectivity index (χ1) is 6.33. The summed E-state index contributed by atoms with van der Waals surface area (Å²) in [6, 6.07) is 0. The molecule has 0 aromatic heterocycles. The van der Waals surface area contributed by atoms with E-state index in [0.29, 0.717) is 5.92 Å². The van der Waals surface area contributed by atoms with Crippen LogP contribution < -0.4 is 5.32 Å². The van der Waals surface area contributed by atoms with E-state index in [1.807, 2.05) is 0 Å². The van der Waals surface area contributed by atoms with Crippen molar-refractivity contribution in [2.45, 2.75) is 51.9 Å². The van der Waals surface area contributed by atoms with Crippen LogP contribution in [0.3, 0.4) is 0 Å². The second-order valence-corrected chi connectivity index (χ2v) is 4.06. The predicted octanol–water partition coefficient (Wildman–Crippen LogP) is 2.48. The smallest absolute Gasteiger partial charge is 0.220 e. The second-order valence-electron chi connectivity index (χ2n) is 4.06. The summed E-state index contributed by atoms with van der Waals surface area (Å²) in [6.07, 6.45) is 8.52. The SMILES string of the molecule is CCCCCCC1CCNC(=O)C1. The summed E-state index contributed by atoms with van der Waals surface area (Å²) in [5.41, 5.74) is 0. The van der Waals surface area contributed by atoms with E-state index in [2.05, 4.69) is 12.2 Å². The monoisotopic (exact) mass is 183 g/mol. The van der Waals surface area contributed by atoms with E-state index >= 15 is 0 Å². The van der Waals surface area contributed by atoms with E-state index in [1.54, 1.807) is 0 Å². The van der Waals surface area contributed by atoms with Gasteiger partial charge in [0.1, 0.15) is 0 Å². The molecule has 1 heterocycles. The summed E-state index contributed by atoms with van der Waals surface area (Å²) in [5.74, 6) is 0.928. The number of rotatable bonds is 5. The summed E-state index contributed by atoms with van der Waals surface area (Å²) in [7, 11) is 0. The molecule has 1 saturated heterocycles. The molecule has 1 amide bonds. The molecule has 1 rings (SSSR count). The molecule has 0 aliphatic carbocycles. The lowest BCUT2D eigenvalue weighted by atomic mass is 9.92. The lowest BCUT2D eigenvalue weighted by Gasteiger charge is -2.21. The second kappa shape index (κ2) is 6.01. The molecule has 0 aromatic carbocycles. The molecule has 0 saturated carbocycles. The van der Waals surface area contributed by atoms with Gasteiger partial charge in [0.2, 0.25) is 5.91 Å². The standard InChI is InChI=1S/C11H21NO/c1-2-3-4-5-6-10-7-8-12-11(13)9-10/h10H,2-9H2,1H3,(H,12,13). The number of piperidine rings is 1. The molecule has 2 heteroatoms. The summed E-state index contributed by atoms with van der Waals surface area (Å²) in [5, 5.41) is 2.87. The van der Waals surface area contributed by atoms with Crippen molar-refractivity contribution in [2.75, 3.05) is 6.54 Å². The average Bonchev–Trinajstić information content (AvgIpc) is 2.13. The van der Waals surface area contributed by atoms with Gasteiger partial charge in [-0.3, -0.25) is 4.79 Å². The Kier molecular flexibility index (Phi) is 4.87.